The number of hydrogen-bond donors (Lipinski definition) is 2. The minimum Gasteiger partial charge on any atom is -0.468 e. The zero-order valence-electron chi connectivity index (χ0n) is 8.95. The Balaban J connectivity index is 2.39. The maximum absolute atomic E-state index is 11.2. The third-order valence-corrected chi connectivity index (χ3v) is 2.98. The Morgan fingerprint density at radius 1 is 1.64 bits per heavy atom. The van der Waals surface area contributed by atoms with Crippen LogP contribution in [0.3, 0.4) is 0 Å². The molecule has 4 heteroatoms. The topological polar surface area (TPSA) is 64.3 Å². The van der Waals surface area contributed by atoms with E-state index in [0.29, 0.717) is 18.5 Å². The van der Waals surface area contributed by atoms with Crippen molar-refractivity contribution >= 4 is 5.97 Å². The summed E-state index contributed by atoms with van der Waals surface area (Å²) in [6.07, 6.45) is 3.48. The second kappa shape index (κ2) is 5.32. The van der Waals surface area contributed by atoms with Crippen LogP contribution in [-0.2, 0) is 9.53 Å². The Morgan fingerprint density at radius 3 is 2.93 bits per heavy atom. The number of methoxy groups -OCH3 is 1. The number of nitrogens with two attached hydrogens (primary N) is 1. The van der Waals surface area contributed by atoms with E-state index in [4.69, 9.17) is 5.73 Å². The number of carbonyl (C=O) groups is 1. The van der Waals surface area contributed by atoms with Gasteiger partial charge < -0.3 is 15.8 Å². The highest BCUT2D eigenvalue weighted by Gasteiger charge is 2.28. The zero-order chi connectivity index (χ0) is 10.6. The molecule has 1 fully saturated rings. The molecule has 0 aliphatic heterocycles. The van der Waals surface area contributed by atoms with Gasteiger partial charge in [-0.25, -0.2) is 0 Å². The number of carbonyl (C=O) groups excluding carboxylic acids is 1. The van der Waals surface area contributed by atoms with Crippen LogP contribution >= 0.6 is 0 Å². The fourth-order valence-electron chi connectivity index (χ4n) is 2.10. The normalized spacial score (nSPS) is 28.8. The Hall–Kier alpha value is -0.610. The average molecular weight is 200 g/mol. The molecule has 0 heterocycles. The fourth-order valence-corrected chi connectivity index (χ4v) is 2.10. The molecule has 0 radical (unpaired) electrons. The van der Waals surface area contributed by atoms with E-state index < -0.39 is 0 Å². The highest BCUT2D eigenvalue weighted by atomic mass is 16.5. The van der Waals surface area contributed by atoms with Gasteiger partial charge in [-0.3, -0.25) is 4.79 Å². The second-order valence-corrected chi connectivity index (χ2v) is 3.94. The van der Waals surface area contributed by atoms with Crippen LogP contribution in [0.2, 0.25) is 0 Å². The smallest absolute Gasteiger partial charge is 0.322 e. The molecule has 1 aliphatic rings. The van der Waals surface area contributed by atoms with Gasteiger partial charge in [-0.1, -0.05) is 6.42 Å². The molecule has 0 aromatic rings. The SMILES string of the molecule is COC(=O)[C@H](C)NC1CCCC1CN. The number of hydrogen-bond acceptors (Lipinski definition) is 4. The van der Waals surface area contributed by atoms with Gasteiger partial charge in [0.1, 0.15) is 6.04 Å². The van der Waals surface area contributed by atoms with Gasteiger partial charge in [-0.15, -0.1) is 0 Å². The first-order chi connectivity index (χ1) is 6.69. The predicted octanol–water partition coefficient (Wildman–Crippen LogP) is 0.265. The summed E-state index contributed by atoms with van der Waals surface area (Å²) in [6, 6.07) is 0.159. The summed E-state index contributed by atoms with van der Waals surface area (Å²) in [7, 11) is 1.41. The molecule has 3 atom stereocenters. The van der Waals surface area contributed by atoms with Crippen molar-refractivity contribution in [3.8, 4) is 0 Å². The second-order valence-electron chi connectivity index (χ2n) is 3.94. The third-order valence-electron chi connectivity index (χ3n) is 2.98. The molecule has 3 N–H and O–H groups in total. The minimum atomic E-state index is -0.225. The van der Waals surface area contributed by atoms with Crippen LogP contribution in [0.1, 0.15) is 26.2 Å². The summed E-state index contributed by atoms with van der Waals surface area (Å²) in [4.78, 5) is 11.2. The van der Waals surface area contributed by atoms with Gasteiger partial charge in [0.25, 0.3) is 0 Å². The molecule has 0 aromatic carbocycles. The van der Waals surface area contributed by atoms with Crippen molar-refractivity contribution in [1.82, 2.24) is 5.32 Å². The van der Waals surface area contributed by atoms with Gasteiger partial charge in [0.15, 0.2) is 0 Å². The molecule has 1 aliphatic carbocycles. The van der Waals surface area contributed by atoms with Gasteiger partial charge in [0.05, 0.1) is 7.11 Å². The first-order valence-corrected chi connectivity index (χ1v) is 5.23. The van der Waals surface area contributed by atoms with E-state index >= 15 is 0 Å². The van der Waals surface area contributed by atoms with Gasteiger partial charge in [-0.05, 0) is 32.2 Å². The molecule has 14 heavy (non-hydrogen) atoms. The molecule has 2 unspecified atom stereocenters. The van der Waals surface area contributed by atoms with Crippen molar-refractivity contribution in [2.45, 2.75) is 38.3 Å². The van der Waals surface area contributed by atoms with E-state index in [1.54, 1.807) is 0 Å². The van der Waals surface area contributed by atoms with Crippen molar-refractivity contribution < 1.29 is 9.53 Å². The van der Waals surface area contributed by atoms with Crippen molar-refractivity contribution in [2.75, 3.05) is 13.7 Å². The molecule has 0 aromatic heterocycles. The third kappa shape index (κ3) is 2.69. The molecular weight excluding hydrogens is 180 g/mol. The number of rotatable bonds is 4. The average Bonchev–Trinajstić information content (AvgIpc) is 2.63. The Morgan fingerprint density at radius 2 is 2.36 bits per heavy atom. The van der Waals surface area contributed by atoms with Crippen LogP contribution in [0.25, 0.3) is 0 Å². The Kier molecular flexibility index (Phi) is 4.35. The maximum atomic E-state index is 11.2. The minimum absolute atomic E-state index is 0.201. The Bertz CT molecular complexity index is 197. The molecular formula is C10H20N2O2. The van der Waals surface area contributed by atoms with Gasteiger partial charge in [0.2, 0.25) is 0 Å². The van der Waals surface area contributed by atoms with E-state index in [1.807, 2.05) is 6.92 Å². The molecule has 1 saturated carbocycles. The molecule has 82 valence electrons. The monoisotopic (exact) mass is 200 g/mol. The first kappa shape index (κ1) is 11.5. The first-order valence-electron chi connectivity index (χ1n) is 5.23. The number of nitrogens with one attached hydrogen (secondary N) is 1. The fraction of sp³-hybridized carbons (Fsp3) is 0.900. The van der Waals surface area contributed by atoms with Crippen LogP contribution in [0, 0.1) is 5.92 Å². The standard InChI is InChI=1S/C10H20N2O2/c1-7(10(13)14-2)12-9-5-3-4-8(9)6-11/h7-9,12H,3-6,11H2,1-2H3/t7-,8?,9?/m0/s1. The van der Waals surface area contributed by atoms with E-state index in [-0.39, 0.29) is 12.0 Å². The zero-order valence-corrected chi connectivity index (χ0v) is 8.95. The van der Waals surface area contributed by atoms with Crippen LogP contribution in [0.4, 0.5) is 0 Å². The molecule has 0 saturated heterocycles. The molecule has 1 rings (SSSR count). The lowest BCUT2D eigenvalue weighted by molar-refractivity contribution is -0.142. The van der Waals surface area contributed by atoms with Crippen LogP contribution < -0.4 is 11.1 Å². The van der Waals surface area contributed by atoms with Gasteiger partial charge >= 0.3 is 5.97 Å². The van der Waals surface area contributed by atoms with Crippen LogP contribution in [-0.4, -0.2) is 31.7 Å². The molecule has 0 spiro atoms. The van der Waals surface area contributed by atoms with Crippen LogP contribution in [0.5, 0.6) is 0 Å². The quantitative estimate of drug-likeness (QED) is 0.639. The Labute approximate surface area is 85.2 Å². The predicted molar refractivity (Wildman–Crippen MR) is 54.8 cm³/mol. The number of ether oxygens (including phenoxy) is 1. The van der Waals surface area contributed by atoms with E-state index in [1.165, 1.54) is 20.0 Å². The van der Waals surface area contributed by atoms with Crippen molar-refractivity contribution in [3.05, 3.63) is 0 Å². The summed E-state index contributed by atoms with van der Waals surface area (Å²) in [6.45, 7) is 2.53. The van der Waals surface area contributed by atoms with E-state index in [2.05, 4.69) is 10.1 Å². The van der Waals surface area contributed by atoms with Crippen molar-refractivity contribution in [1.29, 1.82) is 0 Å². The molecule has 0 bridgehead atoms. The number of esters is 1. The van der Waals surface area contributed by atoms with Crippen LogP contribution in [0.15, 0.2) is 0 Å². The largest absolute Gasteiger partial charge is 0.468 e. The summed E-state index contributed by atoms with van der Waals surface area (Å²) in [5.41, 5.74) is 5.65. The highest BCUT2D eigenvalue weighted by Crippen LogP contribution is 2.24. The van der Waals surface area contributed by atoms with Crippen molar-refractivity contribution in [3.63, 3.8) is 0 Å². The maximum Gasteiger partial charge on any atom is 0.322 e. The van der Waals surface area contributed by atoms with Gasteiger partial charge in [0, 0.05) is 6.04 Å². The lowest BCUT2D eigenvalue weighted by Crippen LogP contribution is -2.45. The lowest BCUT2D eigenvalue weighted by Gasteiger charge is -2.22. The van der Waals surface area contributed by atoms with E-state index in [0.717, 1.165) is 6.42 Å². The molecule has 4 nitrogen and oxygen atoms in total. The van der Waals surface area contributed by atoms with Gasteiger partial charge in [-0.2, -0.15) is 0 Å². The summed E-state index contributed by atoms with van der Waals surface area (Å²) < 4.78 is 4.66. The molecule has 0 amide bonds. The highest BCUT2D eigenvalue weighted by molar-refractivity contribution is 5.75. The summed E-state index contributed by atoms with van der Waals surface area (Å²) in [5.74, 6) is 0.315. The van der Waals surface area contributed by atoms with E-state index in [9.17, 15) is 4.79 Å². The summed E-state index contributed by atoms with van der Waals surface area (Å²) >= 11 is 0. The lowest BCUT2D eigenvalue weighted by atomic mass is 10.0. The van der Waals surface area contributed by atoms with Crippen molar-refractivity contribution in [2.24, 2.45) is 11.7 Å². The summed E-state index contributed by atoms with van der Waals surface area (Å²) in [5, 5.41) is 3.28.